The smallest absolute Gasteiger partial charge is 0.216 e. The van der Waals surface area contributed by atoms with Gasteiger partial charge < -0.3 is 0 Å². The van der Waals surface area contributed by atoms with Crippen LogP contribution in [0.2, 0.25) is 5.15 Å². The van der Waals surface area contributed by atoms with E-state index in [1.54, 1.807) is 23.5 Å². The van der Waals surface area contributed by atoms with Gasteiger partial charge in [-0.25, -0.2) is 9.36 Å². The summed E-state index contributed by atoms with van der Waals surface area (Å²) in [6, 6.07) is 9.97. The molecule has 0 saturated carbocycles. The van der Waals surface area contributed by atoms with Crippen LogP contribution in [-0.4, -0.2) is 24.7 Å². The molecule has 0 fully saturated rings. The summed E-state index contributed by atoms with van der Waals surface area (Å²) in [6.07, 6.45) is 0.824. The fourth-order valence-corrected chi connectivity index (χ4v) is 6.03. The highest BCUT2D eigenvalue weighted by Crippen LogP contribution is 2.53. The van der Waals surface area contributed by atoms with Crippen molar-refractivity contribution in [2.24, 2.45) is 0 Å². The first kappa shape index (κ1) is 16.3. The molecule has 0 bridgehead atoms. The highest BCUT2D eigenvalue weighted by molar-refractivity contribution is 8.07. The highest BCUT2D eigenvalue weighted by atomic mass is 35.5. The molecule has 1 atom stereocenters. The number of para-hydroxylation sites is 1. The zero-order valence-corrected chi connectivity index (χ0v) is 16.5. The average Bonchev–Trinajstić information content (AvgIpc) is 3.37. The molecule has 9 heteroatoms. The maximum absolute atomic E-state index is 6.80. The third-order valence-electron chi connectivity index (χ3n) is 4.45. The second-order valence-electron chi connectivity index (χ2n) is 5.99. The van der Waals surface area contributed by atoms with E-state index in [-0.39, 0.29) is 5.37 Å². The predicted octanol–water partition coefficient (Wildman–Crippen LogP) is 4.28. The molecule has 132 valence electrons. The van der Waals surface area contributed by atoms with E-state index in [0.717, 1.165) is 39.4 Å². The second kappa shape index (κ2) is 6.07. The van der Waals surface area contributed by atoms with Crippen LogP contribution in [0.15, 0.2) is 45.9 Å². The largest absolute Gasteiger partial charge is 0.252 e. The fraction of sp³-hybridized carbons (Fsp3) is 0.235. The summed E-state index contributed by atoms with van der Waals surface area (Å²) in [7, 11) is 0. The van der Waals surface area contributed by atoms with Crippen molar-refractivity contribution < 1.29 is 0 Å². The van der Waals surface area contributed by atoms with Gasteiger partial charge in [0, 0.05) is 17.4 Å². The van der Waals surface area contributed by atoms with E-state index in [4.69, 9.17) is 16.7 Å². The van der Waals surface area contributed by atoms with Crippen molar-refractivity contribution in [1.82, 2.24) is 24.7 Å². The van der Waals surface area contributed by atoms with Gasteiger partial charge in [0.15, 0.2) is 5.82 Å². The number of rotatable bonds is 3. The van der Waals surface area contributed by atoms with Gasteiger partial charge in [-0.1, -0.05) is 48.5 Å². The molecule has 0 amide bonds. The van der Waals surface area contributed by atoms with E-state index in [1.807, 2.05) is 41.9 Å². The summed E-state index contributed by atoms with van der Waals surface area (Å²) in [5.74, 6) is 0.952. The van der Waals surface area contributed by atoms with Crippen molar-refractivity contribution in [2.45, 2.75) is 30.8 Å². The third kappa shape index (κ3) is 2.25. The molecule has 0 spiro atoms. The molecule has 1 unspecified atom stereocenters. The quantitative estimate of drug-likeness (QED) is 0.651. The van der Waals surface area contributed by atoms with Gasteiger partial charge in [0.25, 0.3) is 0 Å². The van der Waals surface area contributed by atoms with Crippen molar-refractivity contribution in [3.8, 4) is 5.69 Å². The van der Waals surface area contributed by atoms with E-state index in [9.17, 15) is 0 Å². The predicted molar refractivity (Wildman–Crippen MR) is 105 cm³/mol. The van der Waals surface area contributed by atoms with E-state index in [1.165, 1.54) is 0 Å². The molecular weight excluding hydrogens is 388 g/mol. The summed E-state index contributed by atoms with van der Waals surface area (Å²) < 4.78 is 3.92. The Bertz CT molecular complexity index is 1030. The van der Waals surface area contributed by atoms with Crippen LogP contribution in [-0.2, 0) is 6.42 Å². The fourth-order valence-electron chi connectivity index (χ4n) is 3.24. The number of hydrogen-bond acceptors (Lipinski definition) is 6. The maximum Gasteiger partial charge on any atom is 0.216 e. The number of nitrogens with zero attached hydrogens (tertiary/aromatic N) is 6. The zero-order valence-electron chi connectivity index (χ0n) is 14.1. The van der Waals surface area contributed by atoms with Crippen molar-refractivity contribution in [3.05, 3.63) is 63.0 Å². The van der Waals surface area contributed by atoms with Crippen LogP contribution in [0.3, 0.4) is 0 Å². The van der Waals surface area contributed by atoms with Gasteiger partial charge in [0.05, 0.1) is 11.4 Å². The molecule has 2 aliphatic heterocycles. The van der Waals surface area contributed by atoms with E-state index >= 15 is 0 Å². The summed E-state index contributed by atoms with van der Waals surface area (Å²) >= 11 is 10.2. The molecule has 6 nitrogen and oxygen atoms in total. The SMILES string of the molecule is CCc1nnc2n1N1C(=CSC1c1c(C)nn(-c3ccccc3)c1Cl)S2. The first-order valence-corrected chi connectivity index (χ1v) is 10.4. The minimum Gasteiger partial charge on any atom is -0.252 e. The monoisotopic (exact) mass is 402 g/mol. The van der Waals surface area contributed by atoms with Gasteiger partial charge in [-0.15, -0.1) is 10.2 Å². The van der Waals surface area contributed by atoms with E-state index in [0.29, 0.717) is 5.15 Å². The van der Waals surface area contributed by atoms with Crippen LogP contribution in [0.25, 0.3) is 5.69 Å². The van der Waals surface area contributed by atoms with Crippen LogP contribution in [0, 0.1) is 6.92 Å². The average molecular weight is 403 g/mol. The molecule has 0 radical (unpaired) electrons. The number of aromatic nitrogens is 5. The Morgan fingerprint density at radius 3 is 2.77 bits per heavy atom. The number of hydrogen-bond donors (Lipinski definition) is 0. The lowest BCUT2D eigenvalue weighted by molar-refractivity contribution is 0.605. The molecule has 4 heterocycles. The topological polar surface area (TPSA) is 51.8 Å². The molecule has 0 aliphatic carbocycles. The maximum atomic E-state index is 6.80. The minimum absolute atomic E-state index is 0.0185. The lowest BCUT2D eigenvalue weighted by Gasteiger charge is -2.25. The van der Waals surface area contributed by atoms with Gasteiger partial charge in [0.2, 0.25) is 5.16 Å². The van der Waals surface area contributed by atoms with Gasteiger partial charge in [-0.3, -0.25) is 5.01 Å². The lowest BCUT2D eigenvalue weighted by atomic mass is 10.2. The van der Waals surface area contributed by atoms with Crippen LogP contribution in [0.4, 0.5) is 0 Å². The molecule has 1 aromatic carbocycles. The number of aryl methyl sites for hydroxylation is 2. The Labute approximate surface area is 164 Å². The zero-order chi connectivity index (χ0) is 17.8. The highest BCUT2D eigenvalue weighted by Gasteiger charge is 2.41. The number of benzene rings is 1. The molecule has 26 heavy (non-hydrogen) atoms. The van der Waals surface area contributed by atoms with Crippen LogP contribution >= 0.6 is 35.1 Å². The van der Waals surface area contributed by atoms with Crippen LogP contribution in [0.5, 0.6) is 0 Å². The van der Waals surface area contributed by atoms with Gasteiger partial charge in [-0.05, 0) is 30.8 Å². The van der Waals surface area contributed by atoms with E-state index in [2.05, 4.69) is 32.2 Å². The molecule has 0 N–H and O–H groups in total. The number of fused-ring (bicyclic) bond motifs is 3. The summed E-state index contributed by atoms with van der Waals surface area (Å²) in [4.78, 5) is 0. The van der Waals surface area contributed by atoms with Gasteiger partial charge >= 0.3 is 0 Å². The van der Waals surface area contributed by atoms with Crippen LogP contribution in [0.1, 0.15) is 29.4 Å². The van der Waals surface area contributed by atoms with E-state index < -0.39 is 0 Å². The first-order chi connectivity index (χ1) is 12.7. The number of halogens is 1. The summed E-state index contributed by atoms with van der Waals surface area (Å²) in [5.41, 5.74) is 2.91. The van der Waals surface area contributed by atoms with Crippen molar-refractivity contribution in [3.63, 3.8) is 0 Å². The van der Waals surface area contributed by atoms with Crippen molar-refractivity contribution in [1.29, 1.82) is 0 Å². The normalized spacial score (nSPS) is 18.2. The molecule has 2 aliphatic rings. The molecule has 5 rings (SSSR count). The standard InChI is InChI=1S/C17H15ClN6S2/c1-3-12-19-20-17-23(12)24-13(26-17)9-25-16(24)14-10(2)21-22(15(14)18)11-7-5-4-6-8-11/h4-9,16H,3H2,1-2H3. The molecular formula is C17H15ClN6S2. The summed E-state index contributed by atoms with van der Waals surface area (Å²) in [6.45, 7) is 4.10. The van der Waals surface area contributed by atoms with Gasteiger partial charge in [0.1, 0.15) is 15.6 Å². The lowest BCUT2D eigenvalue weighted by Crippen LogP contribution is -2.31. The van der Waals surface area contributed by atoms with Crippen molar-refractivity contribution in [2.75, 3.05) is 5.01 Å². The molecule has 3 aromatic rings. The Balaban J connectivity index is 1.61. The number of thioether (sulfide) groups is 2. The summed E-state index contributed by atoms with van der Waals surface area (Å²) in [5, 5.41) is 20.4. The third-order valence-corrected chi connectivity index (χ3v) is 6.96. The minimum atomic E-state index is 0.0185. The molecule has 2 aromatic heterocycles. The van der Waals surface area contributed by atoms with Gasteiger partial charge in [-0.2, -0.15) is 5.10 Å². The Hall–Kier alpha value is -1.90. The molecule has 0 saturated heterocycles. The Morgan fingerprint density at radius 2 is 2.00 bits per heavy atom. The van der Waals surface area contributed by atoms with Crippen molar-refractivity contribution >= 4 is 35.1 Å². The Kier molecular flexibility index (Phi) is 3.80. The van der Waals surface area contributed by atoms with Crippen LogP contribution < -0.4 is 5.01 Å². The first-order valence-electron chi connectivity index (χ1n) is 8.26. The Morgan fingerprint density at radius 1 is 1.19 bits per heavy atom. The second-order valence-corrected chi connectivity index (χ2v) is 8.29.